The SMILES string of the molecule is C#Cc1cccc(Nc2nc(Cl)nc3cc(OCC)c(OCC)cc23)c1.O. The van der Waals surface area contributed by atoms with Crippen molar-refractivity contribution in [1.29, 1.82) is 0 Å². The molecule has 3 rings (SSSR count). The Hall–Kier alpha value is -3.01. The van der Waals surface area contributed by atoms with E-state index in [1.54, 1.807) is 6.07 Å². The van der Waals surface area contributed by atoms with Gasteiger partial charge in [0.1, 0.15) is 5.82 Å². The topological polar surface area (TPSA) is 87.8 Å². The maximum absolute atomic E-state index is 6.11. The van der Waals surface area contributed by atoms with Crippen LogP contribution >= 0.6 is 11.6 Å². The Bertz CT molecular complexity index is 986. The summed E-state index contributed by atoms with van der Waals surface area (Å²) in [5.74, 6) is 4.44. The number of ether oxygens (including phenoxy) is 2. The summed E-state index contributed by atoms with van der Waals surface area (Å²) >= 11 is 6.11. The molecule has 27 heavy (non-hydrogen) atoms. The normalized spacial score (nSPS) is 10.0. The lowest BCUT2D eigenvalue weighted by Crippen LogP contribution is -2.01. The van der Waals surface area contributed by atoms with Gasteiger partial charge in [0.15, 0.2) is 11.5 Å². The van der Waals surface area contributed by atoms with Crippen molar-refractivity contribution in [3.05, 3.63) is 47.2 Å². The fraction of sp³-hybridized carbons (Fsp3) is 0.200. The highest BCUT2D eigenvalue weighted by atomic mass is 35.5. The van der Waals surface area contributed by atoms with Crippen LogP contribution < -0.4 is 14.8 Å². The summed E-state index contributed by atoms with van der Waals surface area (Å²) in [5, 5.41) is 4.17. The number of nitrogens with one attached hydrogen (secondary N) is 1. The van der Waals surface area contributed by atoms with E-state index >= 15 is 0 Å². The maximum atomic E-state index is 6.11. The Labute approximate surface area is 162 Å². The number of benzene rings is 2. The predicted octanol–water partition coefficient (Wildman–Crippen LogP) is 3.98. The zero-order valence-corrected chi connectivity index (χ0v) is 15.8. The Morgan fingerprint density at radius 2 is 1.78 bits per heavy atom. The van der Waals surface area contributed by atoms with Gasteiger partial charge >= 0.3 is 0 Å². The molecule has 1 aromatic heterocycles. The van der Waals surface area contributed by atoms with E-state index in [-0.39, 0.29) is 10.8 Å². The smallest absolute Gasteiger partial charge is 0.224 e. The van der Waals surface area contributed by atoms with Crippen LogP contribution in [0.25, 0.3) is 10.9 Å². The van der Waals surface area contributed by atoms with Crippen LogP contribution in [0.3, 0.4) is 0 Å². The quantitative estimate of drug-likeness (QED) is 0.512. The molecule has 0 aliphatic carbocycles. The fourth-order valence-electron chi connectivity index (χ4n) is 2.56. The van der Waals surface area contributed by atoms with Crippen molar-refractivity contribution >= 4 is 34.0 Å². The van der Waals surface area contributed by atoms with Gasteiger partial charge in [0.2, 0.25) is 5.28 Å². The molecule has 0 unspecified atom stereocenters. The van der Waals surface area contributed by atoms with Gasteiger partial charge in [0, 0.05) is 22.7 Å². The van der Waals surface area contributed by atoms with Gasteiger partial charge < -0.3 is 20.3 Å². The second kappa shape index (κ2) is 9.08. The van der Waals surface area contributed by atoms with E-state index < -0.39 is 0 Å². The van der Waals surface area contributed by atoms with Crippen LogP contribution in [0, 0.1) is 12.3 Å². The third-order valence-corrected chi connectivity index (χ3v) is 3.79. The molecule has 1 heterocycles. The summed E-state index contributed by atoms with van der Waals surface area (Å²) in [6.07, 6.45) is 5.47. The van der Waals surface area contributed by atoms with Crippen LogP contribution in [-0.2, 0) is 0 Å². The standard InChI is InChI=1S/C20H18ClN3O2.H2O/c1-4-13-8-7-9-14(10-13)22-19-15-11-17(25-5-2)18(26-6-3)12-16(15)23-20(21)24-19;/h1,7-12H,5-6H2,2-3H3,(H,22,23,24);1H2. The monoisotopic (exact) mass is 385 g/mol. The summed E-state index contributed by atoms with van der Waals surface area (Å²) in [6.45, 7) is 4.88. The molecule has 0 atom stereocenters. The molecule has 0 spiro atoms. The molecule has 7 heteroatoms. The molecule has 140 valence electrons. The molecule has 0 saturated heterocycles. The average molecular weight is 386 g/mol. The number of hydrogen-bond donors (Lipinski definition) is 1. The molecule has 0 aliphatic rings. The Morgan fingerprint density at radius 3 is 2.44 bits per heavy atom. The highest BCUT2D eigenvalue weighted by molar-refractivity contribution is 6.28. The van der Waals surface area contributed by atoms with Gasteiger partial charge in [-0.05, 0) is 49.7 Å². The predicted molar refractivity (Wildman–Crippen MR) is 108 cm³/mol. The molecule has 6 nitrogen and oxygen atoms in total. The van der Waals surface area contributed by atoms with Crippen molar-refractivity contribution in [1.82, 2.24) is 9.97 Å². The zero-order valence-electron chi connectivity index (χ0n) is 15.0. The summed E-state index contributed by atoms with van der Waals surface area (Å²) in [4.78, 5) is 8.63. The zero-order chi connectivity index (χ0) is 18.5. The number of terminal acetylenes is 1. The van der Waals surface area contributed by atoms with Gasteiger partial charge in [-0.25, -0.2) is 4.98 Å². The highest BCUT2D eigenvalue weighted by Gasteiger charge is 2.14. The Balaban J connectivity index is 0.00000261. The molecule has 0 aliphatic heterocycles. The lowest BCUT2D eigenvalue weighted by molar-refractivity contribution is 0.288. The van der Waals surface area contributed by atoms with E-state index in [1.807, 2.05) is 44.2 Å². The van der Waals surface area contributed by atoms with Crippen molar-refractivity contribution in [2.75, 3.05) is 18.5 Å². The number of halogens is 1. The molecule has 0 radical (unpaired) electrons. The third-order valence-electron chi connectivity index (χ3n) is 3.63. The lowest BCUT2D eigenvalue weighted by Gasteiger charge is -2.14. The van der Waals surface area contributed by atoms with Gasteiger partial charge in [0.25, 0.3) is 0 Å². The number of hydrogen-bond acceptors (Lipinski definition) is 5. The van der Waals surface area contributed by atoms with E-state index in [0.717, 1.165) is 16.6 Å². The van der Waals surface area contributed by atoms with E-state index in [9.17, 15) is 0 Å². The number of fused-ring (bicyclic) bond motifs is 1. The minimum Gasteiger partial charge on any atom is -0.490 e. The lowest BCUT2D eigenvalue weighted by atomic mass is 10.2. The molecule has 0 bridgehead atoms. The summed E-state index contributed by atoms with van der Waals surface area (Å²) in [6, 6.07) is 11.2. The van der Waals surface area contributed by atoms with Gasteiger partial charge in [0.05, 0.1) is 18.7 Å². The van der Waals surface area contributed by atoms with Crippen LogP contribution in [0.15, 0.2) is 36.4 Å². The summed E-state index contributed by atoms with van der Waals surface area (Å²) < 4.78 is 11.4. The molecule has 2 aromatic carbocycles. The van der Waals surface area contributed by atoms with Gasteiger partial charge in [-0.3, -0.25) is 0 Å². The molecule has 3 aromatic rings. The number of aromatic nitrogens is 2. The van der Waals surface area contributed by atoms with Crippen molar-refractivity contribution in [3.8, 4) is 23.8 Å². The largest absolute Gasteiger partial charge is 0.490 e. The Kier molecular flexibility index (Phi) is 6.83. The van der Waals surface area contributed by atoms with Gasteiger partial charge in [-0.2, -0.15) is 4.98 Å². The van der Waals surface area contributed by atoms with Crippen molar-refractivity contribution in [2.45, 2.75) is 13.8 Å². The first-order chi connectivity index (χ1) is 12.6. The van der Waals surface area contributed by atoms with Crippen LogP contribution in [0.2, 0.25) is 5.28 Å². The van der Waals surface area contributed by atoms with Crippen molar-refractivity contribution in [2.24, 2.45) is 0 Å². The minimum absolute atomic E-state index is 0. The minimum atomic E-state index is 0. The average Bonchev–Trinajstić information content (AvgIpc) is 2.63. The molecular formula is C20H20ClN3O3. The van der Waals surface area contributed by atoms with Crippen LogP contribution in [-0.4, -0.2) is 28.7 Å². The van der Waals surface area contributed by atoms with Gasteiger partial charge in [-0.1, -0.05) is 12.0 Å². The first-order valence-corrected chi connectivity index (χ1v) is 8.63. The third kappa shape index (κ3) is 4.59. The number of rotatable bonds is 6. The van der Waals surface area contributed by atoms with E-state index in [1.165, 1.54) is 0 Å². The first kappa shape index (κ1) is 20.3. The molecule has 0 amide bonds. The molecule has 0 fully saturated rings. The van der Waals surface area contributed by atoms with E-state index in [0.29, 0.717) is 36.0 Å². The number of anilines is 2. The first-order valence-electron chi connectivity index (χ1n) is 8.25. The summed E-state index contributed by atoms with van der Waals surface area (Å²) in [5.41, 5.74) is 2.24. The van der Waals surface area contributed by atoms with Crippen molar-refractivity contribution in [3.63, 3.8) is 0 Å². The van der Waals surface area contributed by atoms with Crippen LogP contribution in [0.1, 0.15) is 19.4 Å². The van der Waals surface area contributed by atoms with Crippen LogP contribution in [0.5, 0.6) is 11.5 Å². The second-order valence-electron chi connectivity index (χ2n) is 5.37. The Morgan fingerprint density at radius 1 is 1.07 bits per heavy atom. The maximum Gasteiger partial charge on any atom is 0.224 e. The molecule has 0 saturated carbocycles. The van der Waals surface area contributed by atoms with Crippen LogP contribution in [0.4, 0.5) is 11.5 Å². The van der Waals surface area contributed by atoms with E-state index in [4.69, 9.17) is 27.5 Å². The number of nitrogens with zero attached hydrogens (tertiary/aromatic N) is 2. The summed E-state index contributed by atoms with van der Waals surface area (Å²) in [7, 11) is 0. The second-order valence-corrected chi connectivity index (χ2v) is 5.71. The molecular weight excluding hydrogens is 366 g/mol. The van der Waals surface area contributed by atoms with Crippen molar-refractivity contribution < 1.29 is 14.9 Å². The van der Waals surface area contributed by atoms with E-state index in [2.05, 4.69) is 21.2 Å². The fourth-order valence-corrected chi connectivity index (χ4v) is 2.74. The molecule has 3 N–H and O–H groups in total. The highest BCUT2D eigenvalue weighted by Crippen LogP contribution is 2.36. The van der Waals surface area contributed by atoms with Gasteiger partial charge in [-0.15, -0.1) is 6.42 Å².